The summed E-state index contributed by atoms with van der Waals surface area (Å²) in [4.78, 5) is 26.3. The third kappa shape index (κ3) is 2.85. The molecule has 1 saturated heterocycles. The second-order valence-electron chi connectivity index (χ2n) is 3.83. The molecule has 92 valence electrons. The second-order valence-corrected chi connectivity index (χ2v) is 3.83. The maximum absolute atomic E-state index is 12.0. The highest BCUT2D eigenvalue weighted by Crippen LogP contribution is 2.04. The molecule has 1 N–H and O–H groups in total. The van der Waals surface area contributed by atoms with E-state index in [0.29, 0.717) is 13.1 Å². The number of hydrogen-bond donors (Lipinski definition) is 1. The van der Waals surface area contributed by atoms with Gasteiger partial charge in [-0.2, -0.15) is 0 Å². The van der Waals surface area contributed by atoms with Crippen molar-refractivity contribution in [2.45, 2.75) is 13.0 Å². The average molecular weight is 229 g/mol. The number of amides is 2. The third-order valence-corrected chi connectivity index (χ3v) is 2.83. The molecular weight excluding hydrogens is 210 g/mol. The van der Waals surface area contributed by atoms with Crippen LogP contribution in [0, 0.1) is 0 Å². The number of hydrogen-bond acceptors (Lipinski definition) is 4. The van der Waals surface area contributed by atoms with E-state index in [2.05, 4.69) is 10.1 Å². The Morgan fingerprint density at radius 2 is 1.94 bits per heavy atom. The lowest BCUT2D eigenvalue weighted by molar-refractivity contribution is -0.136. The SMILES string of the molecule is COC(=O)N(C)C(C)C(=O)N1CCNCC1. The quantitative estimate of drug-likeness (QED) is 0.694. The Bertz CT molecular complexity index is 264. The van der Waals surface area contributed by atoms with Gasteiger partial charge in [0.2, 0.25) is 5.91 Å². The molecule has 1 fully saturated rings. The molecule has 0 spiro atoms. The van der Waals surface area contributed by atoms with Gasteiger partial charge in [-0.15, -0.1) is 0 Å². The Hall–Kier alpha value is -1.30. The summed E-state index contributed by atoms with van der Waals surface area (Å²) in [5.41, 5.74) is 0. The molecule has 1 unspecified atom stereocenters. The van der Waals surface area contributed by atoms with Gasteiger partial charge in [-0.05, 0) is 6.92 Å². The topological polar surface area (TPSA) is 61.9 Å². The number of rotatable bonds is 2. The molecule has 0 aromatic heterocycles. The molecular formula is C10H19N3O3. The van der Waals surface area contributed by atoms with Crippen LogP contribution in [0.1, 0.15) is 6.92 Å². The first kappa shape index (κ1) is 12.8. The highest BCUT2D eigenvalue weighted by atomic mass is 16.5. The van der Waals surface area contributed by atoms with Crippen molar-refractivity contribution in [3.8, 4) is 0 Å². The van der Waals surface area contributed by atoms with Crippen molar-refractivity contribution in [2.75, 3.05) is 40.3 Å². The van der Waals surface area contributed by atoms with Gasteiger partial charge in [-0.1, -0.05) is 0 Å². The van der Waals surface area contributed by atoms with Crippen LogP contribution < -0.4 is 5.32 Å². The van der Waals surface area contributed by atoms with Gasteiger partial charge in [0, 0.05) is 33.2 Å². The van der Waals surface area contributed by atoms with Gasteiger partial charge < -0.3 is 15.0 Å². The first-order valence-corrected chi connectivity index (χ1v) is 5.38. The van der Waals surface area contributed by atoms with E-state index in [0.717, 1.165) is 13.1 Å². The van der Waals surface area contributed by atoms with E-state index >= 15 is 0 Å². The molecule has 0 aromatic carbocycles. The molecule has 0 saturated carbocycles. The number of ether oxygens (including phenoxy) is 1. The van der Waals surface area contributed by atoms with E-state index in [1.165, 1.54) is 12.0 Å². The molecule has 1 atom stereocenters. The predicted molar refractivity (Wildman–Crippen MR) is 59.1 cm³/mol. The van der Waals surface area contributed by atoms with Crippen LogP contribution in [0.5, 0.6) is 0 Å². The minimum Gasteiger partial charge on any atom is -0.453 e. The molecule has 0 aromatic rings. The summed E-state index contributed by atoms with van der Waals surface area (Å²) in [6.07, 6.45) is -0.490. The van der Waals surface area contributed by atoms with Gasteiger partial charge in [0.15, 0.2) is 0 Å². The van der Waals surface area contributed by atoms with Crippen molar-refractivity contribution in [1.29, 1.82) is 0 Å². The molecule has 6 nitrogen and oxygen atoms in total. The van der Waals surface area contributed by atoms with Gasteiger partial charge in [0.1, 0.15) is 6.04 Å². The summed E-state index contributed by atoms with van der Waals surface area (Å²) in [6.45, 7) is 4.71. The fourth-order valence-corrected chi connectivity index (χ4v) is 1.62. The van der Waals surface area contributed by atoms with Crippen LogP contribution in [0.2, 0.25) is 0 Å². The van der Waals surface area contributed by atoms with E-state index in [4.69, 9.17) is 0 Å². The van der Waals surface area contributed by atoms with E-state index < -0.39 is 12.1 Å². The summed E-state index contributed by atoms with van der Waals surface area (Å²) < 4.78 is 4.57. The van der Waals surface area contributed by atoms with Crippen molar-refractivity contribution in [3.05, 3.63) is 0 Å². The summed E-state index contributed by atoms with van der Waals surface area (Å²) in [6, 6.07) is -0.481. The summed E-state index contributed by atoms with van der Waals surface area (Å²) in [7, 11) is 2.87. The molecule has 1 rings (SSSR count). The second kappa shape index (κ2) is 5.69. The zero-order valence-corrected chi connectivity index (χ0v) is 10.0. The van der Waals surface area contributed by atoms with Crippen LogP contribution >= 0.6 is 0 Å². The maximum atomic E-state index is 12.0. The fourth-order valence-electron chi connectivity index (χ4n) is 1.62. The fraction of sp³-hybridized carbons (Fsp3) is 0.800. The van der Waals surface area contributed by atoms with Crippen molar-refractivity contribution in [2.24, 2.45) is 0 Å². The minimum absolute atomic E-state index is 0.0330. The van der Waals surface area contributed by atoms with Crippen LogP contribution in [0.3, 0.4) is 0 Å². The molecule has 1 aliphatic rings. The normalized spacial score (nSPS) is 17.8. The van der Waals surface area contributed by atoms with Crippen molar-refractivity contribution >= 4 is 12.0 Å². The van der Waals surface area contributed by atoms with E-state index in [9.17, 15) is 9.59 Å². The lowest BCUT2D eigenvalue weighted by Gasteiger charge is -2.32. The smallest absolute Gasteiger partial charge is 0.409 e. The summed E-state index contributed by atoms with van der Waals surface area (Å²) >= 11 is 0. The number of nitrogens with zero attached hydrogens (tertiary/aromatic N) is 2. The Labute approximate surface area is 95.5 Å². The van der Waals surface area contributed by atoms with Crippen LogP contribution in [0.25, 0.3) is 0 Å². The van der Waals surface area contributed by atoms with Gasteiger partial charge in [-0.3, -0.25) is 9.69 Å². The van der Waals surface area contributed by atoms with Crippen LogP contribution in [0.15, 0.2) is 0 Å². The number of likely N-dealkylation sites (N-methyl/N-ethyl adjacent to an activating group) is 1. The van der Waals surface area contributed by atoms with Gasteiger partial charge in [0.05, 0.1) is 7.11 Å². The summed E-state index contributed by atoms with van der Waals surface area (Å²) in [5, 5.41) is 3.17. The molecule has 0 aliphatic carbocycles. The lowest BCUT2D eigenvalue weighted by Crippen LogP contribution is -2.53. The first-order chi connectivity index (χ1) is 7.57. The van der Waals surface area contributed by atoms with E-state index in [-0.39, 0.29) is 5.91 Å². The lowest BCUT2D eigenvalue weighted by atomic mass is 10.2. The van der Waals surface area contributed by atoms with Gasteiger partial charge in [-0.25, -0.2) is 4.79 Å². The Morgan fingerprint density at radius 3 is 2.44 bits per heavy atom. The number of piperazine rings is 1. The predicted octanol–water partition coefficient (Wildman–Crippen LogP) is -0.495. The molecule has 6 heteroatoms. The number of carbonyl (C=O) groups is 2. The minimum atomic E-state index is -0.490. The molecule has 16 heavy (non-hydrogen) atoms. The highest BCUT2D eigenvalue weighted by molar-refractivity contribution is 5.85. The maximum Gasteiger partial charge on any atom is 0.409 e. The number of nitrogens with one attached hydrogen (secondary N) is 1. The van der Waals surface area contributed by atoms with E-state index in [1.807, 2.05) is 0 Å². The van der Waals surface area contributed by atoms with Crippen molar-refractivity contribution < 1.29 is 14.3 Å². The Morgan fingerprint density at radius 1 is 1.38 bits per heavy atom. The van der Waals surface area contributed by atoms with Crippen molar-refractivity contribution in [3.63, 3.8) is 0 Å². The van der Waals surface area contributed by atoms with Crippen LogP contribution in [0.4, 0.5) is 4.79 Å². The van der Waals surface area contributed by atoms with Crippen molar-refractivity contribution in [1.82, 2.24) is 15.1 Å². The zero-order chi connectivity index (χ0) is 12.1. The molecule has 1 heterocycles. The van der Waals surface area contributed by atoms with Crippen LogP contribution in [-0.4, -0.2) is 68.2 Å². The van der Waals surface area contributed by atoms with Gasteiger partial charge >= 0.3 is 6.09 Å². The molecule has 0 bridgehead atoms. The average Bonchev–Trinajstić information content (AvgIpc) is 2.36. The molecule has 1 aliphatic heterocycles. The Balaban J connectivity index is 2.54. The monoisotopic (exact) mass is 229 g/mol. The largest absolute Gasteiger partial charge is 0.453 e. The first-order valence-electron chi connectivity index (χ1n) is 5.38. The number of methoxy groups -OCH3 is 1. The Kier molecular flexibility index (Phi) is 4.54. The molecule has 2 amide bonds. The number of carbonyl (C=O) groups excluding carboxylic acids is 2. The highest BCUT2D eigenvalue weighted by Gasteiger charge is 2.27. The third-order valence-electron chi connectivity index (χ3n) is 2.83. The standard InChI is InChI=1S/C10H19N3O3/c1-8(12(2)10(15)16-3)9(14)13-6-4-11-5-7-13/h8,11H,4-7H2,1-3H3. The van der Waals surface area contributed by atoms with E-state index in [1.54, 1.807) is 18.9 Å². The zero-order valence-electron chi connectivity index (χ0n) is 10.0. The van der Waals surface area contributed by atoms with Crippen LogP contribution in [-0.2, 0) is 9.53 Å². The molecule has 0 radical (unpaired) electrons. The summed E-state index contributed by atoms with van der Waals surface area (Å²) in [5.74, 6) is -0.0330. The van der Waals surface area contributed by atoms with Gasteiger partial charge in [0.25, 0.3) is 0 Å².